The van der Waals surface area contributed by atoms with Crippen LogP contribution in [-0.4, -0.2) is 6.54 Å². The third-order valence-corrected chi connectivity index (χ3v) is 2.84. The molecule has 2 aromatic carbocycles. The Morgan fingerprint density at radius 1 is 0.750 bits per heavy atom. The molecule has 0 amide bonds. The van der Waals surface area contributed by atoms with E-state index in [1.165, 1.54) is 11.1 Å². The van der Waals surface area contributed by atoms with Gasteiger partial charge >= 0.3 is 0 Å². The number of benzene rings is 2. The number of hydrogen-bond acceptors (Lipinski definition) is 0. The van der Waals surface area contributed by atoms with Crippen molar-refractivity contribution in [3.8, 4) is 0 Å². The molecule has 1 radical (unpaired) electrons. The van der Waals surface area contributed by atoms with E-state index in [0.717, 1.165) is 6.42 Å². The fourth-order valence-electron chi connectivity index (χ4n) is 2.04. The van der Waals surface area contributed by atoms with Gasteiger partial charge in [0.25, 0.3) is 0 Å². The third kappa shape index (κ3) is 2.50. The van der Waals surface area contributed by atoms with Gasteiger partial charge in [-0.25, -0.2) is 0 Å². The summed E-state index contributed by atoms with van der Waals surface area (Å²) in [5.74, 6) is 0.361. The molecule has 0 saturated carbocycles. The quantitative estimate of drug-likeness (QED) is 0.737. The topological polar surface area (TPSA) is 23.8 Å². The first-order chi connectivity index (χ1) is 7.92. The predicted octanol–water partition coefficient (Wildman–Crippen LogP) is 3.49. The van der Waals surface area contributed by atoms with Gasteiger partial charge in [0.15, 0.2) is 0 Å². The molecule has 0 aliphatic heterocycles. The monoisotopic (exact) mass is 210 g/mol. The highest BCUT2D eigenvalue weighted by atomic mass is 14.5. The van der Waals surface area contributed by atoms with E-state index >= 15 is 0 Å². The molecule has 0 unspecified atom stereocenters. The van der Waals surface area contributed by atoms with Crippen LogP contribution in [0, 0.1) is 0 Å². The van der Waals surface area contributed by atoms with Gasteiger partial charge in [-0.15, -0.1) is 0 Å². The van der Waals surface area contributed by atoms with Crippen molar-refractivity contribution >= 4 is 0 Å². The van der Waals surface area contributed by atoms with Crippen molar-refractivity contribution in [1.82, 2.24) is 5.73 Å². The van der Waals surface area contributed by atoms with Gasteiger partial charge in [0.1, 0.15) is 0 Å². The maximum atomic E-state index is 7.43. The van der Waals surface area contributed by atoms with E-state index in [4.69, 9.17) is 5.73 Å². The van der Waals surface area contributed by atoms with E-state index in [1.54, 1.807) is 0 Å². The summed E-state index contributed by atoms with van der Waals surface area (Å²) in [5, 5.41) is 0. The summed E-state index contributed by atoms with van der Waals surface area (Å²) in [4.78, 5) is 0. The van der Waals surface area contributed by atoms with Crippen molar-refractivity contribution in [2.24, 2.45) is 0 Å². The molecule has 81 valence electrons. The van der Waals surface area contributed by atoms with Gasteiger partial charge in [-0.05, 0) is 17.5 Å². The summed E-state index contributed by atoms with van der Waals surface area (Å²) in [6, 6.07) is 20.9. The molecular formula is C15H16N. The average molecular weight is 210 g/mol. The Balaban J connectivity index is 2.31. The maximum absolute atomic E-state index is 7.43. The zero-order valence-electron chi connectivity index (χ0n) is 9.27. The van der Waals surface area contributed by atoms with E-state index in [-0.39, 0.29) is 0 Å². The number of rotatable bonds is 4. The van der Waals surface area contributed by atoms with E-state index < -0.39 is 0 Å². The van der Waals surface area contributed by atoms with Crippen molar-refractivity contribution in [2.75, 3.05) is 6.54 Å². The second kappa shape index (κ2) is 5.47. The number of hydrogen-bond donors (Lipinski definition) is 0. The van der Waals surface area contributed by atoms with Gasteiger partial charge in [-0.2, -0.15) is 0 Å². The molecule has 0 bridgehead atoms. The zero-order chi connectivity index (χ0) is 11.2. The molecule has 2 rings (SSSR count). The van der Waals surface area contributed by atoms with Gasteiger partial charge in [0, 0.05) is 12.5 Å². The Morgan fingerprint density at radius 3 is 1.56 bits per heavy atom. The van der Waals surface area contributed by atoms with Crippen LogP contribution in [-0.2, 0) is 0 Å². The first kappa shape index (κ1) is 10.9. The first-order valence-electron chi connectivity index (χ1n) is 5.66. The summed E-state index contributed by atoms with van der Waals surface area (Å²) in [6.45, 7) is 0.467. The summed E-state index contributed by atoms with van der Waals surface area (Å²) >= 11 is 0. The first-order valence-corrected chi connectivity index (χ1v) is 5.66. The zero-order valence-corrected chi connectivity index (χ0v) is 9.27. The smallest absolute Gasteiger partial charge is 0.0109 e. The largest absolute Gasteiger partial charge is 0.258 e. The van der Waals surface area contributed by atoms with Crippen molar-refractivity contribution in [1.29, 1.82) is 0 Å². The van der Waals surface area contributed by atoms with Crippen LogP contribution in [0.5, 0.6) is 0 Å². The minimum atomic E-state index is 0.361. The van der Waals surface area contributed by atoms with Gasteiger partial charge in [0.2, 0.25) is 0 Å². The molecule has 2 aromatic rings. The van der Waals surface area contributed by atoms with E-state index in [9.17, 15) is 0 Å². The molecule has 0 saturated heterocycles. The molecule has 1 nitrogen and oxygen atoms in total. The lowest BCUT2D eigenvalue weighted by Crippen LogP contribution is -2.03. The van der Waals surface area contributed by atoms with Crippen molar-refractivity contribution in [3.63, 3.8) is 0 Å². The molecule has 0 fully saturated rings. The van der Waals surface area contributed by atoms with E-state index in [0.29, 0.717) is 12.5 Å². The maximum Gasteiger partial charge on any atom is 0.0109 e. The molecule has 1 N–H and O–H groups in total. The molecule has 0 heterocycles. The van der Waals surface area contributed by atoms with Crippen molar-refractivity contribution < 1.29 is 0 Å². The summed E-state index contributed by atoms with van der Waals surface area (Å²) in [5.41, 5.74) is 10.0. The SMILES string of the molecule is [NH]CCC(c1ccccc1)c1ccccc1. The lowest BCUT2D eigenvalue weighted by atomic mass is 9.89. The van der Waals surface area contributed by atoms with Crippen molar-refractivity contribution in [3.05, 3.63) is 71.8 Å². The van der Waals surface area contributed by atoms with Crippen LogP contribution in [0.25, 0.3) is 0 Å². The fraction of sp³-hybridized carbons (Fsp3) is 0.200. The van der Waals surface area contributed by atoms with Crippen molar-refractivity contribution in [2.45, 2.75) is 12.3 Å². The van der Waals surface area contributed by atoms with E-state index in [2.05, 4.69) is 48.5 Å². The van der Waals surface area contributed by atoms with Gasteiger partial charge in [0.05, 0.1) is 0 Å². The predicted molar refractivity (Wildman–Crippen MR) is 67.3 cm³/mol. The molecule has 0 aliphatic rings. The summed E-state index contributed by atoms with van der Waals surface area (Å²) in [6.07, 6.45) is 0.883. The van der Waals surface area contributed by atoms with Crippen LogP contribution >= 0.6 is 0 Å². The molecule has 0 atom stereocenters. The highest BCUT2D eigenvalue weighted by Crippen LogP contribution is 2.27. The average Bonchev–Trinajstić information content (AvgIpc) is 2.38. The molecular weight excluding hydrogens is 194 g/mol. The van der Waals surface area contributed by atoms with E-state index in [1.807, 2.05) is 12.1 Å². The Labute approximate surface area is 96.9 Å². The minimum Gasteiger partial charge on any atom is -0.258 e. The van der Waals surface area contributed by atoms with Crippen LogP contribution in [0.15, 0.2) is 60.7 Å². The second-order valence-electron chi connectivity index (χ2n) is 3.91. The molecule has 16 heavy (non-hydrogen) atoms. The summed E-state index contributed by atoms with van der Waals surface area (Å²) < 4.78 is 0. The van der Waals surface area contributed by atoms with Crippen LogP contribution < -0.4 is 5.73 Å². The summed E-state index contributed by atoms with van der Waals surface area (Å²) in [7, 11) is 0. The van der Waals surface area contributed by atoms with Crippen LogP contribution in [0.4, 0.5) is 0 Å². The van der Waals surface area contributed by atoms with Crippen LogP contribution in [0.2, 0.25) is 0 Å². The second-order valence-corrected chi connectivity index (χ2v) is 3.91. The Morgan fingerprint density at radius 2 is 1.19 bits per heavy atom. The minimum absolute atomic E-state index is 0.361. The highest BCUT2D eigenvalue weighted by Gasteiger charge is 2.12. The molecule has 0 aromatic heterocycles. The normalized spacial score (nSPS) is 10.6. The standard InChI is InChI=1S/C15H16N/c16-12-11-15(13-7-3-1-4-8-13)14-9-5-2-6-10-14/h1-10,15-16H,11-12H2. The molecule has 0 aliphatic carbocycles. The molecule has 0 spiro atoms. The Kier molecular flexibility index (Phi) is 3.73. The lowest BCUT2D eigenvalue weighted by molar-refractivity contribution is 0.717. The van der Waals surface area contributed by atoms with Gasteiger partial charge in [-0.3, -0.25) is 5.73 Å². The molecule has 1 heteroatoms. The van der Waals surface area contributed by atoms with Crippen LogP contribution in [0.3, 0.4) is 0 Å². The lowest BCUT2D eigenvalue weighted by Gasteiger charge is -2.16. The fourth-order valence-corrected chi connectivity index (χ4v) is 2.04. The van der Waals surface area contributed by atoms with Gasteiger partial charge < -0.3 is 0 Å². The Bertz CT molecular complexity index is 368. The van der Waals surface area contributed by atoms with Gasteiger partial charge in [-0.1, -0.05) is 60.7 Å². The highest BCUT2D eigenvalue weighted by molar-refractivity contribution is 5.32. The third-order valence-electron chi connectivity index (χ3n) is 2.84. The number of nitrogens with one attached hydrogen (secondary N) is 1. The van der Waals surface area contributed by atoms with Crippen LogP contribution in [0.1, 0.15) is 23.5 Å². The Hall–Kier alpha value is -1.60.